The second-order valence-electron chi connectivity index (χ2n) is 5.60. The summed E-state index contributed by atoms with van der Waals surface area (Å²) in [6.45, 7) is 6.75. The van der Waals surface area contributed by atoms with Crippen LogP contribution in [0.3, 0.4) is 0 Å². The van der Waals surface area contributed by atoms with Gasteiger partial charge in [-0.1, -0.05) is 0 Å². The summed E-state index contributed by atoms with van der Waals surface area (Å²) in [6, 6.07) is 1.00. The molecule has 2 aliphatic rings. The van der Waals surface area contributed by atoms with Crippen molar-refractivity contribution >= 4 is 18.3 Å². The second kappa shape index (κ2) is 6.73. The van der Waals surface area contributed by atoms with Crippen LogP contribution >= 0.6 is 12.4 Å². The number of carbonyl (C=O) groups is 1. The molecule has 0 aromatic rings. The molecule has 0 saturated carbocycles. The van der Waals surface area contributed by atoms with Crippen LogP contribution in [0.5, 0.6) is 0 Å². The fraction of sp³-hybridized carbons (Fsp3) is 0.923. The highest BCUT2D eigenvalue weighted by molar-refractivity contribution is 5.85. The summed E-state index contributed by atoms with van der Waals surface area (Å²) in [5, 5.41) is 0. The molecule has 2 saturated heterocycles. The van der Waals surface area contributed by atoms with Gasteiger partial charge in [0.15, 0.2) is 0 Å². The minimum absolute atomic E-state index is 0. The Bertz CT molecular complexity index is 287. The van der Waals surface area contributed by atoms with Crippen LogP contribution in [0, 0.1) is 0 Å². The monoisotopic (exact) mass is 275 g/mol. The number of hydrogen-bond acceptors (Lipinski definition) is 3. The molecule has 0 aromatic heterocycles. The molecule has 2 aliphatic heterocycles. The highest BCUT2D eigenvalue weighted by Gasteiger charge is 2.31. The number of nitrogens with two attached hydrogens (primary N) is 1. The van der Waals surface area contributed by atoms with Crippen molar-refractivity contribution in [3.05, 3.63) is 0 Å². The van der Waals surface area contributed by atoms with Crippen molar-refractivity contribution < 1.29 is 4.79 Å². The molecule has 18 heavy (non-hydrogen) atoms. The standard InChI is InChI=1S/C13H25N3O.ClH/c1-10-5-3-4-7-16(10)13(17)9-15-8-6-12(14)11(15)2;/h10-12H,3-9,14H2,1-2H3;1H. The molecule has 1 amide bonds. The van der Waals surface area contributed by atoms with Crippen LogP contribution < -0.4 is 5.73 Å². The van der Waals surface area contributed by atoms with E-state index in [0.29, 0.717) is 18.6 Å². The zero-order valence-corrected chi connectivity index (χ0v) is 12.3. The number of amides is 1. The number of hydrogen-bond donors (Lipinski definition) is 1. The van der Waals surface area contributed by atoms with E-state index in [1.807, 2.05) is 0 Å². The van der Waals surface area contributed by atoms with Gasteiger partial charge >= 0.3 is 0 Å². The quantitative estimate of drug-likeness (QED) is 0.825. The van der Waals surface area contributed by atoms with Crippen molar-refractivity contribution in [2.75, 3.05) is 19.6 Å². The minimum Gasteiger partial charge on any atom is -0.339 e. The molecule has 2 N–H and O–H groups in total. The van der Waals surface area contributed by atoms with E-state index in [1.165, 1.54) is 6.42 Å². The molecule has 106 valence electrons. The smallest absolute Gasteiger partial charge is 0.236 e. The molecule has 0 aromatic carbocycles. The van der Waals surface area contributed by atoms with Gasteiger partial charge in [-0.25, -0.2) is 0 Å². The third-order valence-corrected chi connectivity index (χ3v) is 4.41. The zero-order valence-electron chi connectivity index (χ0n) is 11.5. The van der Waals surface area contributed by atoms with Gasteiger partial charge in [-0.3, -0.25) is 9.69 Å². The summed E-state index contributed by atoms with van der Waals surface area (Å²) in [5.74, 6) is 0.290. The number of carbonyl (C=O) groups excluding carboxylic acids is 1. The van der Waals surface area contributed by atoms with Gasteiger partial charge in [0.1, 0.15) is 0 Å². The molecule has 3 unspecified atom stereocenters. The van der Waals surface area contributed by atoms with E-state index < -0.39 is 0 Å². The maximum absolute atomic E-state index is 12.3. The Balaban J connectivity index is 0.00000162. The van der Waals surface area contributed by atoms with Gasteiger partial charge in [0, 0.05) is 31.2 Å². The number of rotatable bonds is 2. The number of piperidine rings is 1. The topological polar surface area (TPSA) is 49.6 Å². The van der Waals surface area contributed by atoms with E-state index in [4.69, 9.17) is 5.73 Å². The minimum atomic E-state index is 0. The molecule has 3 atom stereocenters. The SMILES string of the molecule is CC1C(N)CCN1CC(=O)N1CCCCC1C.Cl. The summed E-state index contributed by atoms with van der Waals surface area (Å²) in [5.41, 5.74) is 5.98. The van der Waals surface area contributed by atoms with Gasteiger partial charge in [-0.05, 0) is 39.5 Å². The molecule has 2 rings (SSSR count). The average molecular weight is 276 g/mol. The zero-order chi connectivity index (χ0) is 12.4. The molecule has 0 radical (unpaired) electrons. The van der Waals surface area contributed by atoms with Crippen LogP contribution in [0.15, 0.2) is 0 Å². The first kappa shape index (κ1) is 15.7. The molecule has 2 heterocycles. The Labute approximate surface area is 116 Å². The maximum atomic E-state index is 12.3. The van der Waals surface area contributed by atoms with E-state index in [-0.39, 0.29) is 24.4 Å². The van der Waals surface area contributed by atoms with Gasteiger partial charge < -0.3 is 10.6 Å². The average Bonchev–Trinajstić information content (AvgIpc) is 2.61. The van der Waals surface area contributed by atoms with Crippen LogP contribution in [-0.4, -0.2) is 53.5 Å². The number of likely N-dealkylation sites (tertiary alicyclic amines) is 2. The van der Waals surface area contributed by atoms with E-state index in [9.17, 15) is 4.79 Å². The Kier molecular flexibility index (Phi) is 5.89. The third-order valence-electron chi connectivity index (χ3n) is 4.41. The maximum Gasteiger partial charge on any atom is 0.236 e. The van der Waals surface area contributed by atoms with E-state index >= 15 is 0 Å². The highest BCUT2D eigenvalue weighted by Crippen LogP contribution is 2.19. The molecule has 4 nitrogen and oxygen atoms in total. The molecule has 0 spiro atoms. The van der Waals surface area contributed by atoms with Crippen molar-refractivity contribution in [3.8, 4) is 0 Å². The van der Waals surface area contributed by atoms with Crippen LogP contribution in [0.2, 0.25) is 0 Å². The summed E-state index contributed by atoms with van der Waals surface area (Å²) >= 11 is 0. The third kappa shape index (κ3) is 3.37. The summed E-state index contributed by atoms with van der Waals surface area (Å²) in [4.78, 5) is 16.5. The normalized spacial score (nSPS) is 33.3. The predicted octanol–water partition coefficient (Wildman–Crippen LogP) is 1.23. The van der Waals surface area contributed by atoms with Crippen molar-refractivity contribution in [3.63, 3.8) is 0 Å². The molecular formula is C13H26ClN3O. The Morgan fingerprint density at radius 1 is 1.22 bits per heavy atom. The lowest BCUT2D eigenvalue weighted by Crippen LogP contribution is -2.48. The molecular weight excluding hydrogens is 250 g/mol. The van der Waals surface area contributed by atoms with Crippen molar-refractivity contribution in [1.82, 2.24) is 9.80 Å². The predicted molar refractivity (Wildman–Crippen MR) is 75.9 cm³/mol. The van der Waals surface area contributed by atoms with Crippen molar-refractivity contribution in [2.45, 2.75) is 57.7 Å². The fourth-order valence-electron chi connectivity index (χ4n) is 2.99. The van der Waals surface area contributed by atoms with Crippen LogP contribution in [-0.2, 0) is 4.79 Å². The molecule has 2 fully saturated rings. The number of halogens is 1. The van der Waals surface area contributed by atoms with Crippen molar-refractivity contribution in [1.29, 1.82) is 0 Å². The second-order valence-corrected chi connectivity index (χ2v) is 5.60. The van der Waals surface area contributed by atoms with Crippen molar-refractivity contribution in [2.24, 2.45) is 5.73 Å². The first-order valence-electron chi connectivity index (χ1n) is 6.88. The highest BCUT2D eigenvalue weighted by atomic mass is 35.5. The Hall–Kier alpha value is -0.320. The van der Waals surface area contributed by atoms with Gasteiger partial charge in [-0.2, -0.15) is 0 Å². The van der Waals surface area contributed by atoms with Gasteiger partial charge in [0.25, 0.3) is 0 Å². The van der Waals surface area contributed by atoms with Crippen LogP contribution in [0.4, 0.5) is 0 Å². The first-order chi connectivity index (χ1) is 8.09. The fourth-order valence-corrected chi connectivity index (χ4v) is 2.99. The van der Waals surface area contributed by atoms with E-state index in [1.54, 1.807) is 0 Å². The lowest BCUT2D eigenvalue weighted by molar-refractivity contribution is -0.135. The molecule has 0 bridgehead atoms. The molecule has 5 heteroatoms. The lowest BCUT2D eigenvalue weighted by atomic mass is 10.0. The van der Waals surface area contributed by atoms with Crippen LogP contribution in [0.25, 0.3) is 0 Å². The molecule has 0 aliphatic carbocycles. The Morgan fingerprint density at radius 3 is 2.50 bits per heavy atom. The first-order valence-corrected chi connectivity index (χ1v) is 6.88. The van der Waals surface area contributed by atoms with Gasteiger partial charge in [-0.15, -0.1) is 12.4 Å². The summed E-state index contributed by atoms with van der Waals surface area (Å²) in [6.07, 6.45) is 4.59. The summed E-state index contributed by atoms with van der Waals surface area (Å²) < 4.78 is 0. The largest absolute Gasteiger partial charge is 0.339 e. The summed E-state index contributed by atoms with van der Waals surface area (Å²) in [7, 11) is 0. The number of nitrogens with zero attached hydrogens (tertiary/aromatic N) is 2. The van der Waals surface area contributed by atoms with E-state index in [0.717, 1.165) is 32.4 Å². The van der Waals surface area contributed by atoms with Crippen LogP contribution in [0.1, 0.15) is 39.5 Å². The van der Waals surface area contributed by atoms with E-state index in [2.05, 4.69) is 23.6 Å². The van der Waals surface area contributed by atoms with Gasteiger partial charge in [0.2, 0.25) is 5.91 Å². The van der Waals surface area contributed by atoms with Gasteiger partial charge in [0.05, 0.1) is 6.54 Å². The lowest BCUT2D eigenvalue weighted by Gasteiger charge is -2.35. The Morgan fingerprint density at radius 2 is 1.94 bits per heavy atom.